The van der Waals surface area contributed by atoms with Crippen LogP contribution in [0.2, 0.25) is 10.0 Å². The molecule has 25 heavy (non-hydrogen) atoms. The minimum absolute atomic E-state index is 0.00334. The Morgan fingerprint density at radius 1 is 1.24 bits per heavy atom. The lowest BCUT2D eigenvalue weighted by Crippen LogP contribution is -2.45. The zero-order valence-electron chi connectivity index (χ0n) is 13.9. The summed E-state index contributed by atoms with van der Waals surface area (Å²) in [6.07, 6.45) is 1.65. The van der Waals surface area contributed by atoms with Gasteiger partial charge >= 0.3 is 0 Å². The Balaban J connectivity index is 2.07. The van der Waals surface area contributed by atoms with E-state index in [1.807, 2.05) is 13.8 Å². The lowest BCUT2D eigenvalue weighted by Gasteiger charge is -2.32. The second-order valence-corrected chi connectivity index (χ2v) is 7.57. The standard InChI is InChI=1S/C17H16Cl2N4O2/c1-8(2)23-15-11(7-20-23)17(6-13(24)21-15)10-4-9(18)5-12(19)14(10)22(3)16(17)25/h4-5,7-8H,6H2,1-3H3,(H,21,24)/t17-/m1/s1. The first-order valence-corrected chi connectivity index (χ1v) is 8.68. The van der Waals surface area contributed by atoms with Crippen LogP contribution in [0.3, 0.4) is 0 Å². The number of rotatable bonds is 1. The third-order valence-electron chi connectivity index (χ3n) is 4.92. The zero-order chi connectivity index (χ0) is 18.1. The number of amides is 2. The molecule has 0 aliphatic carbocycles. The number of carbonyl (C=O) groups excluding carboxylic acids is 2. The van der Waals surface area contributed by atoms with Gasteiger partial charge in [0.25, 0.3) is 0 Å². The fraction of sp³-hybridized carbons (Fsp3) is 0.353. The Kier molecular flexibility index (Phi) is 3.43. The second kappa shape index (κ2) is 5.22. The maximum atomic E-state index is 13.3. The Hall–Kier alpha value is -2.05. The average Bonchev–Trinajstić information content (AvgIpc) is 3.03. The first kappa shape index (κ1) is 16.4. The highest BCUT2D eigenvalue weighted by Gasteiger charge is 2.57. The maximum absolute atomic E-state index is 13.3. The number of aromatic nitrogens is 2. The second-order valence-electron chi connectivity index (χ2n) is 6.72. The molecule has 0 radical (unpaired) electrons. The molecule has 3 heterocycles. The molecule has 0 fully saturated rings. The van der Waals surface area contributed by atoms with E-state index >= 15 is 0 Å². The Morgan fingerprint density at radius 3 is 2.64 bits per heavy atom. The smallest absolute Gasteiger partial charge is 0.242 e. The van der Waals surface area contributed by atoms with Crippen molar-refractivity contribution in [1.82, 2.24) is 9.78 Å². The largest absolute Gasteiger partial charge is 0.313 e. The van der Waals surface area contributed by atoms with Crippen molar-refractivity contribution in [1.29, 1.82) is 0 Å². The molecule has 0 bridgehead atoms. The van der Waals surface area contributed by atoms with Gasteiger partial charge in [-0.2, -0.15) is 5.10 Å². The zero-order valence-corrected chi connectivity index (χ0v) is 15.4. The monoisotopic (exact) mass is 378 g/mol. The minimum Gasteiger partial charge on any atom is -0.313 e. The molecule has 0 saturated heterocycles. The van der Waals surface area contributed by atoms with Crippen molar-refractivity contribution < 1.29 is 9.59 Å². The van der Waals surface area contributed by atoms with E-state index in [9.17, 15) is 9.59 Å². The maximum Gasteiger partial charge on any atom is 0.242 e. The predicted octanol–water partition coefficient (Wildman–Crippen LogP) is 3.38. The first-order valence-electron chi connectivity index (χ1n) is 7.93. The quantitative estimate of drug-likeness (QED) is 0.826. The van der Waals surface area contributed by atoms with Gasteiger partial charge in [-0.05, 0) is 31.5 Å². The van der Waals surface area contributed by atoms with Gasteiger partial charge in [0.2, 0.25) is 11.8 Å². The van der Waals surface area contributed by atoms with Crippen molar-refractivity contribution in [3.63, 3.8) is 0 Å². The van der Waals surface area contributed by atoms with Gasteiger partial charge in [-0.25, -0.2) is 4.68 Å². The van der Waals surface area contributed by atoms with E-state index in [-0.39, 0.29) is 24.3 Å². The summed E-state index contributed by atoms with van der Waals surface area (Å²) < 4.78 is 1.71. The number of hydrogen-bond acceptors (Lipinski definition) is 3. The van der Waals surface area contributed by atoms with Crippen LogP contribution < -0.4 is 10.2 Å². The number of benzene rings is 1. The molecule has 2 aliphatic heterocycles. The van der Waals surface area contributed by atoms with Crippen LogP contribution >= 0.6 is 23.2 Å². The normalized spacial score (nSPS) is 21.8. The number of fused-ring (bicyclic) bond motifs is 4. The van der Waals surface area contributed by atoms with E-state index in [0.29, 0.717) is 32.7 Å². The third kappa shape index (κ3) is 2.01. The number of hydrogen-bond donors (Lipinski definition) is 1. The summed E-state index contributed by atoms with van der Waals surface area (Å²) in [6, 6.07) is 3.36. The minimum atomic E-state index is -1.15. The summed E-state index contributed by atoms with van der Waals surface area (Å²) in [5.74, 6) is 0.114. The molecule has 2 amide bonds. The fourth-order valence-electron chi connectivity index (χ4n) is 3.87. The van der Waals surface area contributed by atoms with E-state index < -0.39 is 5.41 Å². The Bertz CT molecular complexity index is 937. The molecular formula is C17H16Cl2N4O2. The Labute approximate surface area is 154 Å². The summed E-state index contributed by atoms with van der Waals surface area (Å²) in [4.78, 5) is 27.3. The summed E-state index contributed by atoms with van der Waals surface area (Å²) >= 11 is 12.6. The van der Waals surface area contributed by atoms with Gasteiger partial charge in [-0.1, -0.05) is 23.2 Å². The van der Waals surface area contributed by atoms with Crippen LogP contribution in [0.1, 0.15) is 37.4 Å². The van der Waals surface area contributed by atoms with Crippen LogP contribution in [0.25, 0.3) is 0 Å². The van der Waals surface area contributed by atoms with E-state index in [1.165, 1.54) is 4.90 Å². The van der Waals surface area contributed by atoms with Crippen LogP contribution in [-0.4, -0.2) is 28.6 Å². The molecule has 130 valence electrons. The molecule has 6 nitrogen and oxygen atoms in total. The highest BCUT2D eigenvalue weighted by Crippen LogP contribution is 2.54. The van der Waals surface area contributed by atoms with E-state index in [1.54, 1.807) is 30.1 Å². The lowest BCUT2D eigenvalue weighted by atomic mass is 9.72. The van der Waals surface area contributed by atoms with Crippen LogP contribution in [-0.2, 0) is 15.0 Å². The molecule has 1 aromatic carbocycles. The van der Waals surface area contributed by atoms with Gasteiger partial charge in [0, 0.05) is 30.1 Å². The topological polar surface area (TPSA) is 67.2 Å². The molecule has 1 N–H and O–H groups in total. The SMILES string of the molecule is CC(C)n1ncc2c1NC(=O)C[C@]21C(=O)N(C)c2c(Cl)cc(Cl)cc21. The van der Waals surface area contributed by atoms with Gasteiger partial charge in [0.15, 0.2) is 0 Å². The number of anilines is 2. The highest BCUT2D eigenvalue weighted by molar-refractivity contribution is 6.38. The number of halogens is 2. The predicted molar refractivity (Wildman–Crippen MR) is 96.5 cm³/mol. The summed E-state index contributed by atoms with van der Waals surface area (Å²) in [6.45, 7) is 3.93. The number of carbonyl (C=O) groups is 2. The van der Waals surface area contributed by atoms with Crippen molar-refractivity contribution in [2.75, 3.05) is 17.3 Å². The lowest BCUT2D eigenvalue weighted by molar-refractivity contribution is -0.126. The molecule has 8 heteroatoms. The highest BCUT2D eigenvalue weighted by atomic mass is 35.5. The first-order chi connectivity index (χ1) is 11.8. The number of likely N-dealkylation sites (N-methyl/N-ethyl adjacent to an activating group) is 1. The van der Waals surface area contributed by atoms with E-state index in [2.05, 4.69) is 10.4 Å². The van der Waals surface area contributed by atoms with Crippen molar-refractivity contribution in [2.24, 2.45) is 0 Å². The van der Waals surface area contributed by atoms with Gasteiger partial charge in [-0.15, -0.1) is 0 Å². The van der Waals surface area contributed by atoms with Crippen molar-refractivity contribution >= 4 is 46.5 Å². The van der Waals surface area contributed by atoms with E-state index in [0.717, 1.165) is 0 Å². The van der Waals surface area contributed by atoms with Crippen molar-refractivity contribution in [3.05, 3.63) is 39.5 Å². The van der Waals surface area contributed by atoms with Gasteiger partial charge in [0.05, 0.1) is 16.9 Å². The molecule has 0 unspecified atom stereocenters. The van der Waals surface area contributed by atoms with Crippen LogP contribution in [0.5, 0.6) is 0 Å². The molecule has 2 aromatic rings. The van der Waals surface area contributed by atoms with Gasteiger partial charge < -0.3 is 10.2 Å². The van der Waals surface area contributed by atoms with Gasteiger partial charge in [0.1, 0.15) is 11.2 Å². The molecule has 1 spiro atoms. The molecule has 1 aromatic heterocycles. The Morgan fingerprint density at radius 2 is 1.96 bits per heavy atom. The fourth-order valence-corrected chi connectivity index (χ4v) is 4.49. The van der Waals surface area contributed by atoms with Crippen molar-refractivity contribution in [3.8, 4) is 0 Å². The molecule has 2 aliphatic rings. The average molecular weight is 379 g/mol. The number of nitrogens with zero attached hydrogens (tertiary/aromatic N) is 3. The van der Waals surface area contributed by atoms with Crippen molar-refractivity contribution in [2.45, 2.75) is 31.7 Å². The van der Waals surface area contributed by atoms with Gasteiger partial charge in [-0.3, -0.25) is 9.59 Å². The van der Waals surface area contributed by atoms with Crippen LogP contribution in [0.15, 0.2) is 18.3 Å². The third-order valence-corrected chi connectivity index (χ3v) is 5.43. The molecule has 0 saturated carbocycles. The summed E-state index contributed by atoms with van der Waals surface area (Å²) in [5, 5.41) is 8.07. The van der Waals surface area contributed by atoms with E-state index in [4.69, 9.17) is 23.2 Å². The van der Waals surface area contributed by atoms with Crippen LogP contribution in [0, 0.1) is 0 Å². The number of nitrogens with one attached hydrogen (secondary N) is 1. The molecular weight excluding hydrogens is 363 g/mol. The van der Waals surface area contributed by atoms with Crippen LogP contribution in [0.4, 0.5) is 11.5 Å². The summed E-state index contributed by atoms with van der Waals surface area (Å²) in [7, 11) is 1.66. The molecule has 4 rings (SSSR count). The molecule has 1 atom stereocenters. The summed E-state index contributed by atoms with van der Waals surface area (Å²) in [5.41, 5.74) is 0.768.